The standard InChI is InChI=1S/C11H11N5OS/c1-6-7(2-3-18-6)4-16-5-13-8-9(16)14-11(12)15-10(8)17/h2-3,5H,4H2,1H3,(H3,12,14,15,17). The summed E-state index contributed by atoms with van der Waals surface area (Å²) < 4.78 is 1.83. The molecule has 3 aromatic heterocycles. The first-order chi connectivity index (χ1) is 8.65. The number of rotatable bonds is 2. The van der Waals surface area contributed by atoms with Crippen LogP contribution in [0.1, 0.15) is 10.4 Å². The molecule has 3 rings (SSSR count). The van der Waals surface area contributed by atoms with Crippen LogP contribution in [0, 0.1) is 6.92 Å². The van der Waals surface area contributed by atoms with Crippen molar-refractivity contribution in [3.8, 4) is 0 Å². The number of hydrogen-bond acceptors (Lipinski definition) is 5. The molecule has 3 N–H and O–H groups in total. The minimum atomic E-state index is -0.307. The van der Waals surface area contributed by atoms with E-state index in [9.17, 15) is 4.79 Å². The molecule has 0 aliphatic heterocycles. The predicted octanol–water partition coefficient (Wildman–Crippen LogP) is 1.12. The average Bonchev–Trinajstić information content (AvgIpc) is 2.88. The zero-order valence-electron chi connectivity index (χ0n) is 9.67. The first-order valence-corrected chi connectivity index (χ1v) is 6.26. The maximum absolute atomic E-state index is 11.6. The molecule has 0 aliphatic carbocycles. The van der Waals surface area contributed by atoms with Crippen molar-refractivity contribution in [2.24, 2.45) is 0 Å². The Kier molecular flexibility index (Phi) is 2.41. The molecule has 0 fully saturated rings. The normalized spacial score (nSPS) is 11.2. The molecule has 0 atom stereocenters. The van der Waals surface area contributed by atoms with Crippen molar-refractivity contribution in [1.82, 2.24) is 19.5 Å². The van der Waals surface area contributed by atoms with Gasteiger partial charge in [-0.05, 0) is 23.9 Å². The van der Waals surface area contributed by atoms with E-state index in [1.165, 1.54) is 10.4 Å². The van der Waals surface area contributed by atoms with Crippen LogP contribution in [0.15, 0.2) is 22.6 Å². The number of fused-ring (bicyclic) bond motifs is 1. The largest absolute Gasteiger partial charge is 0.369 e. The van der Waals surface area contributed by atoms with Crippen molar-refractivity contribution in [3.63, 3.8) is 0 Å². The molecule has 0 spiro atoms. The van der Waals surface area contributed by atoms with Gasteiger partial charge in [-0.3, -0.25) is 9.78 Å². The molecule has 6 nitrogen and oxygen atoms in total. The first-order valence-electron chi connectivity index (χ1n) is 5.39. The second kappa shape index (κ2) is 3.95. The highest BCUT2D eigenvalue weighted by Gasteiger charge is 2.10. The molecule has 7 heteroatoms. The summed E-state index contributed by atoms with van der Waals surface area (Å²) in [6, 6.07) is 2.06. The van der Waals surface area contributed by atoms with Gasteiger partial charge < -0.3 is 10.3 Å². The number of aryl methyl sites for hydroxylation is 1. The molecule has 92 valence electrons. The molecule has 0 aliphatic rings. The molecule has 0 unspecified atom stereocenters. The van der Waals surface area contributed by atoms with E-state index in [0.717, 1.165) is 0 Å². The minimum Gasteiger partial charge on any atom is -0.369 e. The fourth-order valence-electron chi connectivity index (χ4n) is 1.85. The summed E-state index contributed by atoms with van der Waals surface area (Å²) in [7, 11) is 0. The number of nitrogens with one attached hydrogen (secondary N) is 1. The average molecular weight is 261 g/mol. The molecular formula is C11H11N5OS. The number of aromatic nitrogens is 4. The topological polar surface area (TPSA) is 89.6 Å². The monoisotopic (exact) mass is 261 g/mol. The minimum absolute atomic E-state index is 0.108. The lowest BCUT2D eigenvalue weighted by molar-refractivity contribution is 0.812. The molecule has 18 heavy (non-hydrogen) atoms. The van der Waals surface area contributed by atoms with Crippen LogP contribution < -0.4 is 11.3 Å². The van der Waals surface area contributed by atoms with Crippen LogP contribution in [-0.4, -0.2) is 19.5 Å². The van der Waals surface area contributed by atoms with Gasteiger partial charge in [-0.25, -0.2) is 4.98 Å². The summed E-state index contributed by atoms with van der Waals surface area (Å²) in [4.78, 5) is 23.5. The number of imidazole rings is 1. The molecule has 0 saturated heterocycles. The number of thiophene rings is 1. The molecule has 0 saturated carbocycles. The van der Waals surface area contributed by atoms with Gasteiger partial charge in [0, 0.05) is 4.88 Å². The Morgan fingerprint density at radius 1 is 1.56 bits per heavy atom. The fourth-order valence-corrected chi connectivity index (χ4v) is 2.57. The SMILES string of the molecule is Cc1sccc1Cn1cnc2c(=O)[nH]c(N)nc21. The van der Waals surface area contributed by atoms with Crippen molar-refractivity contribution in [3.05, 3.63) is 38.6 Å². The third kappa shape index (κ3) is 1.68. The van der Waals surface area contributed by atoms with E-state index in [1.807, 2.05) is 9.95 Å². The van der Waals surface area contributed by atoms with Gasteiger partial charge in [-0.2, -0.15) is 4.98 Å². The van der Waals surface area contributed by atoms with Crippen LogP contribution >= 0.6 is 11.3 Å². The second-order valence-electron chi connectivity index (χ2n) is 4.00. The summed E-state index contributed by atoms with van der Waals surface area (Å²) in [6.07, 6.45) is 1.61. The number of anilines is 1. The van der Waals surface area contributed by atoms with Crippen molar-refractivity contribution in [2.45, 2.75) is 13.5 Å². The molecule has 3 aromatic rings. The van der Waals surface area contributed by atoms with Gasteiger partial charge in [-0.15, -0.1) is 11.3 Å². The molecule has 0 radical (unpaired) electrons. The van der Waals surface area contributed by atoms with Crippen LogP contribution in [0.25, 0.3) is 11.2 Å². The quantitative estimate of drug-likeness (QED) is 0.723. The summed E-state index contributed by atoms with van der Waals surface area (Å²) >= 11 is 1.69. The summed E-state index contributed by atoms with van der Waals surface area (Å²) in [5, 5.41) is 2.04. The van der Waals surface area contributed by atoms with Gasteiger partial charge in [0.25, 0.3) is 5.56 Å². The molecular weight excluding hydrogens is 250 g/mol. The maximum atomic E-state index is 11.6. The van der Waals surface area contributed by atoms with Gasteiger partial charge in [0.15, 0.2) is 11.2 Å². The zero-order chi connectivity index (χ0) is 12.7. The Bertz CT molecular complexity index is 769. The van der Waals surface area contributed by atoms with Gasteiger partial charge in [0.05, 0.1) is 12.9 Å². The van der Waals surface area contributed by atoms with Crippen LogP contribution in [0.4, 0.5) is 5.95 Å². The number of nitrogens with zero attached hydrogens (tertiary/aromatic N) is 3. The Morgan fingerprint density at radius 2 is 2.39 bits per heavy atom. The number of nitrogens with two attached hydrogens (primary N) is 1. The van der Waals surface area contributed by atoms with E-state index in [1.54, 1.807) is 17.7 Å². The third-order valence-corrected chi connectivity index (χ3v) is 3.69. The smallest absolute Gasteiger partial charge is 0.280 e. The lowest BCUT2D eigenvalue weighted by Gasteiger charge is -2.03. The van der Waals surface area contributed by atoms with Crippen LogP contribution in [0.3, 0.4) is 0 Å². The van der Waals surface area contributed by atoms with Gasteiger partial charge in [0.2, 0.25) is 5.95 Å². The summed E-state index contributed by atoms with van der Waals surface area (Å²) in [5.41, 5.74) is 7.27. The highest BCUT2D eigenvalue weighted by Crippen LogP contribution is 2.17. The zero-order valence-corrected chi connectivity index (χ0v) is 10.5. The number of H-pyrrole nitrogens is 1. The van der Waals surface area contributed by atoms with Gasteiger partial charge in [0.1, 0.15) is 0 Å². The summed E-state index contributed by atoms with van der Waals surface area (Å²) in [6.45, 7) is 2.70. The van der Waals surface area contributed by atoms with Crippen molar-refractivity contribution in [2.75, 3.05) is 5.73 Å². The number of aromatic amines is 1. The predicted molar refractivity (Wildman–Crippen MR) is 70.7 cm³/mol. The molecule has 0 aromatic carbocycles. The van der Waals surface area contributed by atoms with Crippen molar-refractivity contribution >= 4 is 28.4 Å². The second-order valence-corrected chi connectivity index (χ2v) is 5.12. The summed E-state index contributed by atoms with van der Waals surface area (Å²) in [5.74, 6) is 0.108. The molecule has 0 bridgehead atoms. The Morgan fingerprint density at radius 3 is 3.11 bits per heavy atom. The van der Waals surface area contributed by atoms with Gasteiger partial charge in [-0.1, -0.05) is 0 Å². The van der Waals surface area contributed by atoms with Crippen LogP contribution in [0.2, 0.25) is 0 Å². The molecule has 3 heterocycles. The fraction of sp³-hybridized carbons (Fsp3) is 0.182. The van der Waals surface area contributed by atoms with Crippen molar-refractivity contribution in [1.29, 1.82) is 0 Å². The van der Waals surface area contributed by atoms with E-state index < -0.39 is 0 Å². The van der Waals surface area contributed by atoms with Crippen LogP contribution in [0.5, 0.6) is 0 Å². The maximum Gasteiger partial charge on any atom is 0.280 e. The number of hydrogen-bond donors (Lipinski definition) is 2. The highest BCUT2D eigenvalue weighted by molar-refractivity contribution is 7.10. The number of nitrogen functional groups attached to an aromatic ring is 1. The van der Waals surface area contributed by atoms with E-state index in [-0.39, 0.29) is 11.5 Å². The van der Waals surface area contributed by atoms with E-state index in [4.69, 9.17) is 5.73 Å². The van der Waals surface area contributed by atoms with E-state index >= 15 is 0 Å². The highest BCUT2D eigenvalue weighted by atomic mass is 32.1. The first kappa shape index (κ1) is 11.0. The van der Waals surface area contributed by atoms with E-state index in [2.05, 4.69) is 27.9 Å². The van der Waals surface area contributed by atoms with Gasteiger partial charge >= 0.3 is 0 Å². The Hall–Kier alpha value is -2.15. The lowest BCUT2D eigenvalue weighted by Crippen LogP contribution is -2.12. The lowest BCUT2D eigenvalue weighted by atomic mass is 10.3. The van der Waals surface area contributed by atoms with Crippen LogP contribution in [-0.2, 0) is 6.54 Å². The third-order valence-electron chi connectivity index (χ3n) is 2.80. The van der Waals surface area contributed by atoms with E-state index in [0.29, 0.717) is 17.7 Å². The Balaban J connectivity index is 2.13. The molecule has 0 amide bonds. The Labute approximate surface area is 106 Å². The van der Waals surface area contributed by atoms with Crippen molar-refractivity contribution < 1.29 is 0 Å².